The number of nitrogens with one attached hydrogen (secondary N) is 2. The van der Waals surface area contributed by atoms with Crippen molar-refractivity contribution < 1.29 is 4.74 Å². The maximum atomic E-state index is 5.61. The normalized spacial score (nSPS) is 16.9. The number of ether oxygens (including phenoxy) is 1. The zero-order valence-corrected chi connectivity index (χ0v) is 24.4. The second-order valence-corrected chi connectivity index (χ2v) is 12.0. The van der Waals surface area contributed by atoms with Crippen LogP contribution in [0.4, 0.5) is 11.9 Å². The molecule has 0 bridgehead atoms. The molecule has 0 amide bonds. The molecule has 2 aliphatic rings. The number of para-hydroxylation sites is 2. The quantitative estimate of drug-likeness (QED) is 0.299. The zero-order chi connectivity index (χ0) is 27.5. The van der Waals surface area contributed by atoms with Crippen LogP contribution < -0.4 is 15.5 Å². The minimum atomic E-state index is -0.288. The lowest BCUT2D eigenvalue weighted by atomic mass is 9.83. The van der Waals surface area contributed by atoms with Crippen molar-refractivity contribution in [3.8, 4) is 5.95 Å². The van der Waals surface area contributed by atoms with Gasteiger partial charge in [-0.05, 0) is 81.6 Å². The summed E-state index contributed by atoms with van der Waals surface area (Å²) in [6, 6.07) is 17.0. The largest absolute Gasteiger partial charge is 0.378 e. The van der Waals surface area contributed by atoms with Gasteiger partial charge in [-0.3, -0.25) is 4.57 Å². The molecule has 2 saturated heterocycles. The second kappa shape index (κ2) is 11.7. The van der Waals surface area contributed by atoms with Crippen molar-refractivity contribution in [3.63, 3.8) is 0 Å². The van der Waals surface area contributed by atoms with Crippen molar-refractivity contribution in [1.82, 2.24) is 29.8 Å². The fraction of sp³-hybridized carbons (Fsp3) is 0.467. The van der Waals surface area contributed by atoms with Crippen LogP contribution in [0.15, 0.2) is 53.7 Å². The van der Waals surface area contributed by atoms with Crippen molar-refractivity contribution in [2.75, 3.05) is 55.9 Å². The molecule has 0 unspecified atom stereocenters. The first-order chi connectivity index (χ1) is 19.5. The lowest BCUT2D eigenvalue weighted by Crippen LogP contribution is -2.39. The molecule has 2 aliphatic heterocycles. The molecule has 210 valence electrons. The highest BCUT2D eigenvalue weighted by atomic mass is 32.2. The number of hydrogen-bond acceptors (Lipinski definition) is 9. The molecular formula is C30H38N8OS. The van der Waals surface area contributed by atoms with E-state index < -0.39 is 0 Å². The van der Waals surface area contributed by atoms with Gasteiger partial charge in [-0.15, -0.1) is 0 Å². The van der Waals surface area contributed by atoms with Crippen LogP contribution in [0.2, 0.25) is 0 Å². The number of aromatic nitrogens is 5. The molecule has 0 spiro atoms. The Kier molecular flexibility index (Phi) is 7.91. The monoisotopic (exact) mass is 558 g/mol. The molecule has 0 aliphatic carbocycles. The maximum Gasteiger partial charge on any atom is 0.242 e. The van der Waals surface area contributed by atoms with Crippen molar-refractivity contribution in [2.45, 2.75) is 49.7 Å². The first-order valence-corrected chi connectivity index (χ1v) is 15.4. The van der Waals surface area contributed by atoms with E-state index in [-0.39, 0.29) is 5.54 Å². The fourth-order valence-corrected chi connectivity index (χ4v) is 6.35. The summed E-state index contributed by atoms with van der Waals surface area (Å²) in [4.78, 5) is 21.9. The minimum Gasteiger partial charge on any atom is -0.378 e. The number of anilines is 2. The molecule has 2 aromatic heterocycles. The third-order valence-corrected chi connectivity index (χ3v) is 8.37. The van der Waals surface area contributed by atoms with E-state index in [9.17, 15) is 0 Å². The smallest absolute Gasteiger partial charge is 0.242 e. The molecule has 0 saturated carbocycles. The number of rotatable bonds is 8. The van der Waals surface area contributed by atoms with Crippen LogP contribution in [0, 0.1) is 0 Å². The Labute approximate surface area is 240 Å². The molecule has 0 radical (unpaired) electrons. The molecule has 0 atom stereocenters. The molecule has 4 aromatic rings. The van der Waals surface area contributed by atoms with Crippen LogP contribution in [-0.2, 0) is 11.2 Å². The summed E-state index contributed by atoms with van der Waals surface area (Å²) in [5.41, 5.74) is 4.47. The molecule has 6 rings (SSSR count). The molecule has 4 heterocycles. The molecule has 2 fully saturated rings. The Bertz CT molecular complexity index is 1460. The number of piperidine rings is 1. The Morgan fingerprint density at radius 1 is 0.950 bits per heavy atom. The standard InChI is InChI=1S/C30H38N8OS/c1-30(2,20-22-8-4-5-9-23(22)21-12-14-31-15-13-21)36-26-33-27(37-16-18-39-19-17-37)35-28(34-26)38-25-11-7-6-10-24(25)32-29(38)40-3/h4-11,21,31H,12-20H2,1-3H3,(H,33,34,35,36). The fourth-order valence-electron chi connectivity index (χ4n) is 5.80. The van der Waals surface area contributed by atoms with Crippen molar-refractivity contribution >= 4 is 34.7 Å². The van der Waals surface area contributed by atoms with Crippen LogP contribution in [-0.4, -0.2) is 75.7 Å². The minimum absolute atomic E-state index is 0.288. The van der Waals surface area contributed by atoms with Gasteiger partial charge in [0.15, 0.2) is 5.16 Å². The van der Waals surface area contributed by atoms with Gasteiger partial charge in [-0.2, -0.15) is 15.0 Å². The summed E-state index contributed by atoms with van der Waals surface area (Å²) in [5, 5.41) is 8.04. The predicted molar refractivity (Wildman–Crippen MR) is 162 cm³/mol. The third-order valence-electron chi connectivity index (χ3n) is 7.73. The highest BCUT2D eigenvalue weighted by molar-refractivity contribution is 7.98. The van der Waals surface area contributed by atoms with Gasteiger partial charge in [0.2, 0.25) is 17.8 Å². The predicted octanol–water partition coefficient (Wildman–Crippen LogP) is 4.67. The second-order valence-electron chi connectivity index (χ2n) is 11.2. The molecule has 40 heavy (non-hydrogen) atoms. The van der Waals surface area contributed by atoms with Gasteiger partial charge in [0.1, 0.15) is 0 Å². The first-order valence-electron chi connectivity index (χ1n) is 14.2. The van der Waals surface area contributed by atoms with E-state index in [4.69, 9.17) is 24.7 Å². The van der Waals surface area contributed by atoms with Gasteiger partial charge >= 0.3 is 0 Å². The van der Waals surface area contributed by atoms with Gasteiger partial charge in [0.25, 0.3) is 0 Å². The van der Waals surface area contributed by atoms with Crippen molar-refractivity contribution in [1.29, 1.82) is 0 Å². The van der Waals surface area contributed by atoms with E-state index in [1.165, 1.54) is 24.0 Å². The number of imidazole rings is 1. The number of hydrogen-bond donors (Lipinski definition) is 2. The summed E-state index contributed by atoms with van der Waals surface area (Å²) in [7, 11) is 0. The van der Waals surface area contributed by atoms with Gasteiger partial charge in [-0.1, -0.05) is 48.2 Å². The highest BCUT2D eigenvalue weighted by Gasteiger charge is 2.26. The SMILES string of the molecule is CSc1nc2ccccc2n1-c1nc(NC(C)(C)Cc2ccccc2C2CCNCC2)nc(N2CCOCC2)n1. The highest BCUT2D eigenvalue weighted by Crippen LogP contribution is 2.31. The summed E-state index contributed by atoms with van der Waals surface area (Å²) in [6.45, 7) is 9.43. The van der Waals surface area contributed by atoms with Gasteiger partial charge in [0, 0.05) is 18.6 Å². The number of nitrogens with zero attached hydrogens (tertiary/aromatic N) is 6. The summed E-state index contributed by atoms with van der Waals surface area (Å²) >= 11 is 1.59. The van der Waals surface area contributed by atoms with Crippen LogP contribution in [0.3, 0.4) is 0 Å². The average Bonchev–Trinajstić information content (AvgIpc) is 3.36. The maximum absolute atomic E-state index is 5.61. The molecule has 10 heteroatoms. The summed E-state index contributed by atoms with van der Waals surface area (Å²) < 4.78 is 7.64. The lowest BCUT2D eigenvalue weighted by Gasteiger charge is -2.31. The van der Waals surface area contributed by atoms with E-state index in [1.54, 1.807) is 11.8 Å². The average molecular weight is 559 g/mol. The van der Waals surface area contributed by atoms with Crippen LogP contribution >= 0.6 is 11.8 Å². The number of benzene rings is 2. The Balaban J connectivity index is 1.36. The number of thioether (sulfide) groups is 1. The van der Waals surface area contributed by atoms with Gasteiger partial charge in [0.05, 0.1) is 24.2 Å². The van der Waals surface area contributed by atoms with Gasteiger partial charge < -0.3 is 20.3 Å². The lowest BCUT2D eigenvalue weighted by molar-refractivity contribution is 0.122. The van der Waals surface area contributed by atoms with E-state index >= 15 is 0 Å². The molecule has 2 N–H and O–H groups in total. The summed E-state index contributed by atoms with van der Waals surface area (Å²) in [5.74, 6) is 2.40. The summed E-state index contributed by atoms with van der Waals surface area (Å²) in [6.07, 6.45) is 5.26. The Hall–Kier alpha value is -3.21. The number of fused-ring (bicyclic) bond motifs is 1. The van der Waals surface area contributed by atoms with Gasteiger partial charge in [-0.25, -0.2) is 4.98 Å². The Morgan fingerprint density at radius 2 is 1.68 bits per heavy atom. The molecule has 9 nitrogen and oxygen atoms in total. The zero-order valence-electron chi connectivity index (χ0n) is 23.6. The van der Waals surface area contributed by atoms with Crippen LogP contribution in [0.25, 0.3) is 17.0 Å². The third kappa shape index (κ3) is 5.80. The van der Waals surface area contributed by atoms with E-state index in [0.29, 0.717) is 37.0 Å². The van der Waals surface area contributed by atoms with Crippen LogP contribution in [0.5, 0.6) is 0 Å². The van der Waals surface area contributed by atoms with E-state index in [1.807, 2.05) is 29.0 Å². The van der Waals surface area contributed by atoms with Crippen molar-refractivity contribution in [2.24, 2.45) is 0 Å². The molecular weight excluding hydrogens is 520 g/mol. The molecule has 2 aromatic carbocycles. The Morgan fingerprint density at radius 3 is 2.48 bits per heavy atom. The van der Waals surface area contributed by atoms with Crippen LogP contribution in [0.1, 0.15) is 43.7 Å². The first kappa shape index (κ1) is 27.0. The van der Waals surface area contributed by atoms with E-state index in [0.717, 1.165) is 48.8 Å². The number of morpholine rings is 1. The topological polar surface area (TPSA) is 93.0 Å². The van der Waals surface area contributed by atoms with E-state index in [2.05, 4.69) is 59.7 Å². The van der Waals surface area contributed by atoms with Crippen molar-refractivity contribution in [3.05, 3.63) is 59.7 Å².